The number of hydrogen-bond acceptors (Lipinski definition) is 4. The summed E-state index contributed by atoms with van der Waals surface area (Å²) in [5, 5.41) is 13.3. The maximum absolute atomic E-state index is 4.88. The molecular formula is C25H22N6. The van der Waals surface area contributed by atoms with Crippen molar-refractivity contribution in [3.8, 4) is 22.6 Å². The minimum atomic E-state index is 0.642. The van der Waals surface area contributed by atoms with Gasteiger partial charge in [-0.05, 0) is 48.1 Å². The van der Waals surface area contributed by atoms with Crippen molar-refractivity contribution in [3.63, 3.8) is 0 Å². The molecule has 1 aliphatic carbocycles. The fraction of sp³-hybridized carbons (Fsp3) is 0.200. The summed E-state index contributed by atoms with van der Waals surface area (Å²) in [7, 11) is 1.97. The topological polar surface area (TPSA) is 72.3 Å². The number of rotatable bonds is 5. The Bertz CT molecular complexity index is 1360. The Kier molecular flexibility index (Phi) is 4.16. The third kappa shape index (κ3) is 3.30. The van der Waals surface area contributed by atoms with Crippen LogP contribution in [0, 0.1) is 0 Å². The van der Waals surface area contributed by atoms with Crippen LogP contribution in [0.25, 0.3) is 33.5 Å². The summed E-state index contributed by atoms with van der Waals surface area (Å²) in [6.45, 7) is 0. The van der Waals surface area contributed by atoms with Crippen molar-refractivity contribution in [2.45, 2.75) is 25.2 Å². The van der Waals surface area contributed by atoms with E-state index < -0.39 is 0 Å². The average molecular weight is 406 g/mol. The van der Waals surface area contributed by atoms with E-state index in [9.17, 15) is 0 Å². The van der Waals surface area contributed by atoms with Crippen LogP contribution in [0.2, 0.25) is 0 Å². The molecule has 0 saturated heterocycles. The highest BCUT2D eigenvalue weighted by molar-refractivity contribution is 5.84. The molecule has 3 heterocycles. The molecule has 152 valence electrons. The van der Waals surface area contributed by atoms with Crippen LogP contribution < -0.4 is 0 Å². The standard InChI is InChI=1S/C25H22N6/c1-31-23(14-19-11-12-22-20(15-27-29-22)24(19)17-7-8-17)28-25(30-31)18-9-5-16(6-10-18)21-4-2-3-13-26-21/h2-6,9-13,15,17H,7-8,14H2,1H3,(H,27,29). The lowest BCUT2D eigenvalue weighted by Crippen LogP contribution is -2.03. The molecule has 5 aromatic rings. The lowest BCUT2D eigenvalue weighted by atomic mass is 9.96. The number of hydrogen-bond donors (Lipinski definition) is 1. The SMILES string of the molecule is Cn1nc(-c2ccc(-c3ccccn3)cc2)nc1Cc1ccc2[nH]ncc2c1C1CC1. The van der Waals surface area contributed by atoms with Crippen molar-refractivity contribution >= 4 is 10.9 Å². The number of aromatic nitrogens is 6. The largest absolute Gasteiger partial charge is 0.278 e. The van der Waals surface area contributed by atoms with Crippen LogP contribution in [0.15, 0.2) is 67.0 Å². The van der Waals surface area contributed by atoms with Crippen LogP contribution in [-0.4, -0.2) is 29.9 Å². The molecule has 2 aromatic carbocycles. The van der Waals surface area contributed by atoms with Gasteiger partial charge in [0.2, 0.25) is 0 Å². The summed E-state index contributed by atoms with van der Waals surface area (Å²) in [6.07, 6.45) is 7.04. The highest BCUT2D eigenvalue weighted by Gasteiger charge is 2.29. The second-order valence-corrected chi connectivity index (χ2v) is 8.19. The molecule has 6 nitrogen and oxygen atoms in total. The van der Waals surface area contributed by atoms with Crippen LogP contribution in [0.4, 0.5) is 0 Å². The van der Waals surface area contributed by atoms with E-state index in [1.54, 1.807) is 0 Å². The molecule has 0 spiro atoms. The molecule has 0 bridgehead atoms. The average Bonchev–Trinajstić information content (AvgIpc) is 3.42. The predicted octanol–water partition coefficient (Wildman–Crippen LogP) is 4.89. The van der Waals surface area contributed by atoms with Gasteiger partial charge in [0.05, 0.1) is 17.4 Å². The summed E-state index contributed by atoms with van der Waals surface area (Å²) in [5.74, 6) is 2.36. The van der Waals surface area contributed by atoms with Gasteiger partial charge in [0, 0.05) is 36.2 Å². The maximum Gasteiger partial charge on any atom is 0.181 e. The summed E-state index contributed by atoms with van der Waals surface area (Å²) < 4.78 is 1.90. The van der Waals surface area contributed by atoms with Crippen molar-refractivity contribution in [2.75, 3.05) is 0 Å². The van der Waals surface area contributed by atoms with E-state index in [0.717, 1.165) is 40.4 Å². The van der Waals surface area contributed by atoms with Crippen LogP contribution in [0.3, 0.4) is 0 Å². The Balaban J connectivity index is 1.31. The number of fused-ring (bicyclic) bond motifs is 1. The lowest BCUT2D eigenvalue weighted by molar-refractivity contribution is 0.716. The first kappa shape index (κ1) is 18.0. The second kappa shape index (κ2) is 7.16. The second-order valence-electron chi connectivity index (χ2n) is 8.19. The molecule has 0 unspecified atom stereocenters. The molecule has 0 atom stereocenters. The first-order chi connectivity index (χ1) is 15.3. The first-order valence-electron chi connectivity index (χ1n) is 10.6. The summed E-state index contributed by atoms with van der Waals surface area (Å²) in [6, 6.07) is 18.6. The van der Waals surface area contributed by atoms with Gasteiger partial charge in [-0.15, -0.1) is 0 Å². The molecule has 3 aromatic heterocycles. The highest BCUT2D eigenvalue weighted by Crippen LogP contribution is 2.45. The minimum Gasteiger partial charge on any atom is -0.278 e. The van der Waals surface area contributed by atoms with Crippen LogP contribution in [0.5, 0.6) is 0 Å². The van der Waals surface area contributed by atoms with Crippen molar-refractivity contribution in [1.29, 1.82) is 0 Å². The van der Waals surface area contributed by atoms with Crippen molar-refractivity contribution in [2.24, 2.45) is 7.05 Å². The van der Waals surface area contributed by atoms with Gasteiger partial charge in [-0.3, -0.25) is 14.8 Å². The molecule has 1 fully saturated rings. The van der Waals surface area contributed by atoms with E-state index in [1.807, 2.05) is 42.3 Å². The van der Waals surface area contributed by atoms with Gasteiger partial charge in [0.15, 0.2) is 5.82 Å². The Hall–Kier alpha value is -3.80. The Morgan fingerprint density at radius 2 is 1.84 bits per heavy atom. The van der Waals surface area contributed by atoms with Gasteiger partial charge >= 0.3 is 0 Å². The van der Waals surface area contributed by atoms with E-state index in [4.69, 9.17) is 10.1 Å². The van der Waals surface area contributed by atoms with Crippen molar-refractivity contribution in [1.82, 2.24) is 29.9 Å². The first-order valence-corrected chi connectivity index (χ1v) is 10.6. The zero-order valence-electron chi connectivity index (χ0n) is 17.3. The summed E-state index contributed by atoms with van der Waals surface area (Å²) in [5.41, 5.74) is 6.92. The zero-order chi connectivity index (χ0) is 20.8. The summed E-state index contributed by atoms with van der Waals surface area (Å²) >= 11 is 0. The predicted molar refractivity (Wildman–Crippen MR) is 121 cm³/mol. The van der Waals surface area contributed by atoms with Gasteiger partial charge in [-0.2, -0.15) is 10.2 Å². The van der Waals surface area contributed by atoms with Gasteiger partial charge in [0.25, 0.3) is 0 Å². The molecule has 0 aliphatic heterocycles. The molecule has 31 heavy (non-hydrogen) atoms. The van der Waals surface area contributed by atoms with E-state index >= 15 is 0 Å². The monoisotopic (exact) mass is 406 g/mol. The van der Waals surface area contributed by atoms with E-state index in [0.29, 0.717) is 5.92 Å². The Labute approximate surface area is 180 Å². The van der Waals surface area contributed by atoms with Crippen molar-refractivity contribution in [3.05, 3.63) is 83.9 Å². The number of aromatic amines is 1. The lowest BCUT2D eigenvalue weighted by Gasteiger charge is -2.09. The molecule has 6 heteroatoms. The van der Waals surface area contributed by atoms with Gasteiger partial charge < -0.3 is 0 Å². The van der Waals surface area contributed by atoms with E-state index in [1.165, 1.54) is 29.4 Å². The van der Waals surface area contributed by atoms with Gasteiger partial charge in [-0.25, -0.2) is 4.98 Å². The Morgan fingerprint density at radius 1 is 1.00 bits per heavy atom. The number of nitrogens with one attached hydrogen (secondary N) is 1. The van der Waals surface area contributed by atoms with Crippen LogP contribution in [0.1, 0.15) is 35.7 Å². The molecule has 1 N–H and O–H groups in total. The number of nitrogens with zero attached hydrogens (tertiary/aromatic N) is 5. The molecule has 1 saturated carbocycles. The third-order valence-electron chi connectivity index (χ3n) is 6.05. The molecular weight excluding hydrogens is 384 g/mol. The number of pyridine rings is 1. The zero-order valence-corrected chi connectivity index (χ0v) is 17.3. The molecule has 6 rings (SSSR count). The number of H-pyrrole nitrogens is 1. The fourth-order valence-corrected chi connectivity index (χ4v) is 4.28. The quantitative estimate of drug-likeness (QED) is 0.451. The van der Waals surface area contributed by atoms with Crippen LogP contribution in [-0.2, 0) is 13.5 Å². The fourth-order valence-electron chi connectivity index (χ4n) is 4.28. The van der Waals surface area contributed by atoms with E-state index in [2.05, 4.69) is 51.6 Å². The summed E-state index contributed by atoms with van der Waals surface area (Å²) in [4.78, 5) is 9.30. The van der Waals surface area contributed by atoms with Gasteiger partial charge in [0.1, 0.15) is 5.82 Å². The molecule has 0 amide bonds. The van der Waals surface area contributed by atoms with Crippen LogP contribution >= 0.6 is 0 Å². The van der Waals surface area contributed by atoms with Gasteiger partial charge in [-0.1, -0.05) is 36.4 Å². The maximum atomic E-state index is 4.88. The highest BCUT2D eigenvalue weighted by atomic mass is 15.3. The van der Waals surface area contributed by atoms with Crippen molar-refractivity contribution < 1.29 is 0 Å². The smallest absolute Gasteiger partial charge is 0.181 e. The number of benzene rings is 2. The van der Waals surface area contributed by atoms with E-state index in [-0.39, 0.29) is 0 Å². The molecule has 0 radical (unpaired) electrons. The normalized spacial score (nSPS) is 13.7. The minimum absolute atomic E-state index is 0.642. The third-order valence-corrected chi connectivity index (χ3v) is 6.05. The molecule has 1 aliphatic rings. The Morgan fingerprint density at radius 3 is 2.61 bits per heavy atom. The number of aryl methyl sites for hydroxylation is 1.